The molecule has 0 atom stereocenters. The summed E-state index contributed by atoms with van der Waals surface area (Å²) >= 11 is 1.53. The molecule has 88 valence electrons. The average Bonchev–Trinajstić information content (AvgIpc) is 2.28. The Morgan fingerprint density at radius 3 is 2.76 bits per heavy atom. The van der Waals surface area contributed by atoms with Gasteiger partial charge >= 0.3 is 0 Å². The Labute approximate surface area is 105 Å². The van der Waals surface area contributed by atoms with Crippen LogP contribution in [0.2, 0.25) is 0 Å². The van der Waals surface area contributed by atoms with Crippen molar-refractivity contribution < 1.29 is 5.11 Å². The van der Waals surface area contributed by atoms with Crippen molar-refractivity contribution in [3.63, 3.8) is 0 Å². The molecule has 1 heterocycles. The Kier molecular flexibility index (Phi) is 3.64. The molecule has 2 aromatic rings. The van der Waals surface area contributed by atoms with Crippen LogP contribution in [0.25, 0.3) is 0 Å². The molecular weight excluding hydrogens is 232 g/mol. The first kappa shape index (κ1) is 11.9. The molecule has 0 fully saturated rings. The van der Waals surface area contributed by atoms with Crippen molar-refractivity contribution in [2.45, 2.75) is 30.2 Å². The average molecular weight is 246 g/mol. The lowest BCUT2D eigenvalue weighted by atomic mass is 10.3. The lowest BCUT2D eigenvalue weighted by Gasteiger charge is -2.04. The normalized spacial score (nSPS) is 10.5. The molecule has 0 bridgehead atoms. The summed E-state index contributed by atoms with van der Waals surface area (Å²) in [7, 11) is 0. The van der Waals surface area contributed by atoms with E-state index in [4.69, 9.17) is 0 Å². The molecule has 2 rings (SSSR count). The number of aryl methyl sites for hydroxylation is 2. The summed E-state index contributed by atoms with van der Waals surface area (Å²) in [5.41, 5.74) is 1.04. The lowest BCUT2D eigenvalue weighted by Crippen LogP contribution is -1.95. The molecule has 17 heavy (non-hydrogen) atoms. The summed E-state index contributed by atoms with van der Waals surface area (Å²) in [5, 5.41) is 10.3. The van der Waals surface area contributed by atoms with Crippen LogP contribution in [0.1, 0.15) is 18.4 Å². The summed E-state index contributed by atoms with van der Waals surface area (Å²) in [6, 6.07) is 9.15. The first-order chi connectivity index (χ1) is 8.17. The van der Waals surface area contributed by atoms with E-state index in [-0.39, 0.29) is 5.75 Å². The molecule has 0 radical (unpaired) electrons. The molecule has 0 spiro atoms. The predicted molar refractivity (Wildman–Crippen MR) is 68.4 cm³/mol. The monoisotopic (exact) mass is 246 g/mol. The van der Waals surface area contributed by atoms with Gasteiger partial charge in [0.1, 0.15) is 16.6 Å². The summed E-state index contributed by atoms with van der Waals surface area (Å²) in [6.45, 7) is 3.97. The van der Waals surface area contributed by atoms with Crippen molar-refractivity contribution in [1.29, 1.82) is 0 Å². The highest BCUT2D eigenvalue weighted by molar-refractivity contribution is 7.99. The molecule has 0 saturated carbocycles. The fourth-order valence-electron chi connectivity index (χ4n) is 1.50. The van der Waals surface area contributed by atoms with E-state index in [9.17, 15) is 5.11 Å². The van der Waals surface area contributed by atoms with Gasteiger partial charge in [0.25, 0.3) is 0 Å². The molecule has 1 aromatic carbocycles. The van der Waals surface area contributed by atoms with Gasteiger partial charge in [0.2, 0.25) is 0 Å². The quantitative estimate of drug-likeness (QED) is 0.845. The van der Waals surface area contributed by atoms with Gasteiger partial charge in [-0.2, -0.15) is 0 Å². The highest BCUT2D eigenvalue weighted by Crippen LogP contribution is 2.28. The molecule has 1 N–H and O–H groups in total. The Morgan fingerprint density at radius 2 is 2.06 bits per heavy atom. The van der Waals surface area contributed by atoms with E-state index in [1.807, 2.05) is 25.1 Å². The number of rotatable bonds is 3. The smallest absolute Gasteiger partial charge is 0.126 e. The van der Waals surface area contributed by atoms with Crippen LogP contribution in [0.4, 0.5) is 0 Å². The minimum Gasteiger partial charge on any atom is -0.508 e. The maximum atomic E-state index is 9.40. The molecule has 3 nitrogen and oxygen atoms in total. The van der Waals surface area contributed by atoms with Crippen LogP contribution in [-0.2, 0) is 6.42 Å². The molecular formula is C13H14N2OS. The van der Waals surface area contributed by atoms with E-state index in [0.29, 0.717) is 0 Å². The van der Waals surface area contributed by atoms with E-state index >= 15 is 0 Å². The van der Waals surface area contributed by atoms with Gasteiger partial charge in [0, 0.05) is 10.6 Å². The van der Waals surface area contributed by atoms with E-state index < -0.39 is 0 Å². The maximum absolute atomic E-state index is 9.40. The van der Waals surface area contributed by atoms with Crippen LogP contribution in [0, 0.1) is 6.92 Å². The van der Waals surface area contributed by atoms with Gasteiger partial charge in [-0.3, -0.25) is 0 Å². The molecule has 4 heteroatoms. The molecule has 0 aliphatic rings. The van der Waals surface area contributed by atoms with Crippen LogP contribution >= 0.6 is 11.8 Å². The molecule has 0 aliphatic carbocycles. The Morgan fingerprint density at radius 1 is 1.24 bits per heavy atom. The van der Waals surface area contributed by atoms with Crippen molar-refractivity contribution in [3.05, 3.63) is 41.9 Å². The zero-order valence-electron chi connectivity index (χ0n) is 9.84. The Balaban J connectivity index is 2.26. The van der Waals surface area contributed by atoms with E-state index in [1.165, 1.54) is 11.8 Å². The first-order valence-corrected chi connectivity index (χ1v) is 6.30. The summed E-state index contributed by atoms with van der Waals surface area (Å²) in [4.78, 5) is 9.69. The number of phenols is 1. The van der Waals surface area contributed by atoms with Crippen LogP contribution in [0.3, 0.4) is 0 Å². The molecule has 1 aromatic heterocycles. The Bertz CT molecular complexity index is 529. The van der Waals surface area contributed by atoms with Crippen molar-refractivity contribution in [2.24, 2.45) is 0 Å². The zero-order chi connectivity index (χ0) is 12.3. The van der Waals surface area contributed by atoms with Crippen LogP contribution < -0.4 is 0 Å². The Hall–Kier alpha value is -1.55. The molecule has 0 aliphatic heterocycles. The van der Waals surface area contributed by atoms with E-state index in [1.54, 1.807) is 12.1 Å². The van der Waals surface area contributed by atoms with Gasteiger partial charge in [0.05, 0.1) is 0 Å². The maximum Gasteiger partial charge on any atom is 0.126 e. The fourth-order valence-corrected chi connectivity index (χ4v) is 2.44. The van der Waals surface area contributed by atoms with E-state index in [2.05, 4.69) is 16.9 Å². The molecule has 0 saturated heterocycles. The zero-order valence-corrected chi connectivity index (χ0v) is 10.7. The first-order valence-electron chi connectivity index (χ1n) is 5.49. The number of benzene rings is 1. The van der Waals surface area contributed by atoms with Gasteiger partial charge in [-0.05, 0) is 37.6 Å². The predicted octanol–water partition coefficient (Wildman–Crippen LogP) is 3.20. The largest absolute Gasteiger partial charge is 0.508 e. The van der Waals surface area contributed by atoms with Gasteiger partial charge in [-0.15, -0.1) is 0 Å². The van der Waals surface area contributed by atoms with Crippen molar-refractivity contribution in [1.82, 2.24) is 9.97 Å². The minimum atomic E-state index is 0.275. The number of hydrogen-bond acceptors (Lipinski definition) is 4. The van der Waals surface area contributed by atoms with E-state index in [0.717, 1.165) is 27.9 Å². The van der Waals surface area contributed by atoms with Crippen LogP contribution in [0.15, 0.2) is 40.3 Å². The van der Waals surface area contributed by atoms with Crippen LogP contribution in [0.5, 0.6) is 5.75 Å². The second-order valence-electron chi connectivity index (χ2n) is 3.70. The summed E-state index contributed by atoms with van der Waals surface area (Å²) in [6.07, 6.45) is 0.900. The number of aromatic hydroxyl groups is 1. The number of nitrogens with zero attached hydrogens (tertiary/aromatic N) is 2. The van der Waals surface area contributed by atoms with Gasteiger partial charge < -0.3 is 5.11 Å². The third kappa shape index (κ3) is 3.20. The second kappa shape index (κ2) is 5.19. The lowest BCUT2D eigenvalue weighted by molar-refractivity contribution is 0.474. The molecule has 0 amide bonds. The van der Waals surface area contributed by atoms with Gasteiger partial charge in [-0.25, -0.2) is 9.97 Å². The SMILES string of the molecule is CCc1cc(Sc2cccc(O)c2)nc(C)n1. The molecule has 0 unspecified atom stereocenters. The van der Waals surface area contributed by atoms with Gasteiger partial charge in [-0.1, -0.05) is 24.8 Å². The second-order valence-corrected chi connectivity index (χ2v) is 4.79. The third-order valence-corrected chi connectivity index (χ3v) is 3.18. The fraction of sp³-hybridized carbons (Fsp3) is 0.231. The summed E-state index contributed by atoms with van der Waals surface area (Å²) in [5.74, 6) is 1.06. The van der Waals surface area contributed by atoms with Crippen molar-refractivity contribution in [3.8, 4) is 5.75 Å². The third-order valence-electron chi connectivity index (χ3n) is 2.27. The number of hydrogen-bond donors (Lipinski definition) is 1. The highest BCUT2D eigenvalue weighted by Gasteiger charge is 2.03. The van der Waals surface area contributed by atoms with Gasteiger partial charge in [0.15, 0.2) is 0 Å². The van der Waals surface area contributed by atoms with Crippen molar-refractivity contribution >= 4 is 11.8 Å². The van der Waals surface area contributed by atoms with Crippen LogP contribution in [-0.4, -0.2) is 15.1 Å². The number of aromatic nitrogens is 2. The highest BCUT2D eigenvalue weighted by atomic mass is 32.2. The minimum absolute atomic E-state index is 0.275. The van der Waals surface area contributed by atoms with Crippen molar-refractivity contribution in [2.75, 3.05) is 0 Å². The number of phenolic OH excluding ortho intramolecular Hbond substituents is 1. The summed E-state index contributed by atoms with van der Waals surface area (Å²) < 4.78 is 0. The topological polar surface area (TPSA) is 46.0 Å². The standard InChI is InChI=1S/C13H14N2OS/c1-3-10-7-13(15-9(2)14-10)17-12-6-4-5-11(16)8-12/h4-8,16H,3H2,1-2H3.